The molecule has 8 heteroatoms. The van der Waals surface area contributed by atoms with Gasteiger partial charge in [0.15, 0.2) is 0 Å². The zero-order chi connectivity index (χ0) is 20.9. The maximum atomic E-state index is 12.5. The van der Waals surface area contributed by atoms with Crippen molar-refractivity contribution in [1.82, 2.24) is 15.0 Å². The van der Waals surface area contributed by atoms with Gasteiger partial charge in [-0.25, -0.2) is 4.68 Å². The molecule has 0 fully saturated rings. The van der Waals surface area contributed by atoms with Gasteiger partial charge in [-0.2, -0.15) is 0 Å². The van der Waals surface area contributed by atoms with Gasteiger partial charge in [-0.1, -0.05) is 17.3 Å². The van der Waals surface area contributed by atoms with Gasteiger partial charge in [0.05, 0.1) is 36.1 Å². The number of carbonyl (C=O) groups excluding carboxylic acids is 1. The molecule has 4 aromatic rings. The monoisotopic (exact) mass is 419 g/mol. The Morgan fingerprint density at radius 1 is 1.20 bits per heavy atom. The average molecular weight is 420 g/mol. The smallest absolute Gasteiger partial charge is 0.224 e. The number of thiophene rings is 1. The molecule has 7 nitrogen and oxygen atoms in total. The molecule has 0 unspecified atom stereocenters. The number of hydrogen-bond acceptors (Lipinski definition) is 6. The third-order valence-corrected chi connectivity index (χ3v) is 5.54. The van der Waals surface area contributed by atoms with Gasteiger partial charge in [-0.15, -0.1) is 16.4 Å². The van der Waals surface area contributed by atoms with E-state index in [2.05, 4.69) is 15.6 Å². The number of nitrogens with two attached hydrogens (primary N) is 1. The second kappa shape index (κ2) is 8.79. The topological polar surface area (TPSA) is 95.1 Å². The van der Waals surface area contributed by atoms with Gasteiger partial charge in [-0.3, -0.25) is 4.79 Å². The molecule has 152 valence electrons. The highest BCUT2D eigenvalue weighted by Crippen LogP contribution is 2.30. The predicted molar refractivity (Wildman–Crippen MR) is 119 cm³/mol. The van der Waals surface area contributed by atoms with Crippen LogP contribution < -0.4 is 15.8 Å². The molecule has 0 bridgehead atoms. The Bertz CT molecular complexity index is 1140. The molecule has 0 aliphatic rings. The highest BCUT2D eigenvalue weighted by atomic mass is 32.1. The molecule has 4 rings (SSSR count). The third-order valence-electron chi connectivity index (χ3n) is 4.62. The molecule has 1 amide bonds. The first kappa shape index (κ1) is 19.7. The van der Waals surface area contributed by atoms with Crippen LogP contribution >= 0.6 is 11.3 Å². The Hall–Kier alpha value is -3.65. The number of nitrogen functional groups attached to an aromatic ring is 1. The summed E-state index contributed by atoms with van der Waals surface area (Å²) in [6.45, 7) is 0. The lowest BCUT2D eigenvalue weighted by Crippen LogP contribution is -2.13. The van der Waals surface area contributed by atoms with E-state index in [-0.39, 0.29) is 12.3 Å². The quantitative estimate of drug-likeness (QED) is 0.439. The number of benzene rings is 2. The van der Waals surface area contributed by atoms with Crippen LogP contribution in [0, 0.1) is 0 Å². The normalized spacial score (nSPS) is 10.7. The highest BCUT2D eigenvalue weighted by molar-refractivity contribution is 7.13. The summed E-state index contributed by atoms with van der Waals surface area (Å²) >= 11 is 1.64. The third kappa shape index (κ3) is 4.49. The minimum Gasteiger partial charge on any atom is -0.497 e. The molecule has 0 atom stereocenters. The Labute approximate surface area is 178 Å². The van der Waals surface area contributed by atoms with Crippen molar-refractivity contribution >= 4 is 28.6 Å². The molecule has 0 aliphatic carbocycles. The van der Waals surface area contributed by atoms with Gasteiger partial charge >= 0.3 is 0 Å². The number of nitrogens with zero attached hydrogens (tertiary/aromatic N) is 3. The molecule has 0 aliphatic heterocycles. The number of nitrogens with one attached hydrogen (secondary N) is 1. The van der Waals surface area contributed by atoms with Gasteiger partial charge in [-0.05, 0) is 53.4 Å². The van der Waals surface area contributed by atoms with Gasteiger partial charge < -0.3 is 15.8 Å². The van der Waals surface area contributed by atoms with Crippen LogP contribution in [0.15, 0.2) is 66.2 Å². The van der Waals surface area contributed by atoms with Crippen molar-refractivity contribution in [3.63, 3.8) is 0 Å². The van der Waals surface area contributed by atoms with Crippen LogP contribution in [-0.2, 0) is 11.2 Å². The molecule has 3 N–H and O–H groups in total. The summed E-state index contributed by atoms with van der Waals surface area (Å²) in [6.07, 6.45) is 2.58. The van der Waals surface area contributed by atoms with Crippen molar-refractivity contribution in [1.29, 1.82) is 0 Å². The second-order valence-corrected chi connectivity index (χ2v) is 7.63. The summed E-state index contributed by atoms with van der Waals surface area (Å²) in [6, 6.07) is 17.2. The van der Waals surface area contributed by atoms with Crippen molar-refractivity contribution < 1.29 is 9.53 Å². The minimum absolute atomic E-state index is 0.121. The minimum atomic E-state index is -0.121. The Kier molecular flexibility index (Phi) is 5.76. The first-order valence-electron chi connectivity index (χ1n) is 9.41. The average Bonchev–Trinajstić information content (AvgIpc) is 3.46. The zero-order valence-electron chi connectivity index (χ0n) is 16.4. The molecule has 0 saturated heterocycles. The lowest BCUT2D eigenvalue weighted by atomic mass is 10.1. The van der Waals surface area contributed by atoms with Crippen LogP contribution in [0.4, 0.5) is 11.4 Å². The van der Waals surface area contributed by atoms with Crippen LogP contribution in [-0.4, -0.2) is 28.0 Å². The zero-order valence-corrected chi connectivity index (χ0v) is 17.2. The fourth-order valence-electron chi connectivity index (χ4n) is 2.99. The number of anilines is 2. The van der Waals surface area contributed by atoms with E-state index in [0.29, 0.717) is 17.8 Å². The molecule has 2 aromatic heterocycles. The van der Waals surface area contributed by atoms with Gasteiger partial charge in [0, 0.05) is 17.7 Å². The van der Waals surface area contributed by atoms with Crippen molar-refractivity contribution in [3.8, 4) is 21.9 Å². The van der Waals surface area contributed by atoms with Gasteiger partial charge in [0.25, 0.3) is 0 Å². The van der Waals surface area contributed by atoms with Crippen molar-refractivity contribution in [2.45, 2.75) is 12.8 Å². The number of rotatable bonds is 7. The van der Waals surface area contributed by atoms with E-state index in [0.717, 1.165) is 27.6 Å². The van der Waals surface area contributed by atoms with Crippen LogP contribution in [0.1, 0.15) is 12.1 Å². The number of methoxy groups -OCH3 is 1. The first-order chi connectivity index (χ1) is 14.6. The van der Waals surface area contributed by atoms with Crippen LogP contribution in [0.5, 0.6) is 5.75 Å². The van der Waals surface area contributed by atoms with E-state index >= 15 is 0 Å². The van der Waals surface area contributed by atoms with Crippen molar-refractivity contribution in [3.05, 3.63) is 71.9 Å². The maximum Gasteiger partial charge on any atom is 0.224 e. The molecule has 2 aromatic carbocycles. The number of carbonyl (C=O) groups is 1. The van der Waals surface area contributed by atoms with Crippen LogP contribution in [0.25, 0.3) is 16.1 Å². The van der Waals surface area contributed by atoms with Crippen LogP contribution in [0.3, 0.4) is 0 Å². The molecular formula is C22H21N5O2S. The molecule has 0 radical (unpaired) electrons. The summed E-state index contributed by atoms with van der Waals surface area (Å²) in [5.41, 5.74) is 9.83. The Morgan fingerprint density at radius 2 is 2.03 bits per heavy atom. The summed E-state index contributed by atoms with van der Waals surface area (Å²) in [5, 5.41) is 13.2. The highest BCUT2D eigenvalue weighted by Gasteiger charge is 2.10. The van der Waals surface area contributed by atoms with E-state index in [9.17, 15) is 4.79 Å². The predicted octanol–water partition coefficient (Wildman–Crippen LogP) is 4.16. The van der Waals surface area contributed by atoms with E-state index in [1.54, 1.807) is 23.1 Å². The Morgan fingerprint density at radius 3 is 2.77 bits per heavy atom. The largest absolute Gasteiger partial charge is 0.497 e. The van der Waals surface area contributed by atoms with E-state index in [4.69, 9.17) is 10.5 Å². The number of ether oxygens (including phenoxy) is 1. The number of amides is 1. The van der Waals surface area contributed by atoms with Crippen LogP contribution in [0.2, 0.25) is 0 Å². The lowest BCUT2D eigenvalue weighted by molar-refractivity contribution is -0.116. The van der Waals surface area contributed by atoms with E-state index in [1.807, 2.05) is 66.2 Å². The summed E-state index contributed by atoms with van der Waals surface area (Å²) in [4.78, 5) is 13.6. The molecular weight excluding hydrogens is 398 g/mol. The summed E-state index contributed by atoms with van der Waals surface area (Å²) < 4.78 is 6.84. The Balaban J connectivity index is 1.37. The number of aromatic nitrogens is 3. The van der Waals surface area contributed by atoms with E-state index in [1.165, 1.54) is 0 Å². The van der Waals surface area contributed by atoms with Gasteiger partial charge in [0.2, 0.25) is 5.91 Å². The van der Waals surface area contributed by atoms with Gasteiger partial charge in [0.1, 0.15) is 5.75 Å². The SMILES string of the molecule is COc1ccc(-n2cc(CCC(=O)Nc3cc(-c4cccs4)ccc3N)nn2)cc1. The lowest BCUT2D eigenvalue weighted by Gasteiger charge is -2.09. The summed E-state index contributed by atoms with van der Waals surface area (Å²) in [5.74, 6) is 0.655. The van der Waals surface area contributed by atoms with E-state index < -0.39 is 0 Å². The van der Waals surface area contributed by atoms with Crippen molar-refractivity contribution in [2.24, 2.45) is 0 Å². The molecule has 0 spiro atoms. The fraction of sp³-hybridized carbons (Fsp3) is 0.136. The molecule has 2 heterocycles. The molecule has 30 heavy (non-hydrogen) atoms. The molecule has 0 saturated carbocycles. The summed E-state index contributed by atoms with van der Waals surface area (Å²) in [7, 11) is 1.62. The number of aryl methyl sites for hydroxylation is 1. The second-order valence-electron chi connectivity index (χ2n) is 6.68. The number of hydrogen-bond donors (Lipinski definition) is 2. The fourth-order valence-corrected chi connectivity index (χ4v) is 3.71. The maximum absolute atomic E-state index is 12.5. The van der Waals surface area contributed by atoms with Crippen molar-refractivity contribution in [2.75, 3.05) is 18.2 Å². The standard InChI is InChI=1S/C22H21N5O2S/c1-29-18-8-6-17(7-9-18)27-14-16(25-26-27)5-11-22(28)24-20-13-15(4-10-19(20)23)21-3-2-12-30-21/h2-4,6-10,12-14H,5,11,23H2,1H3,(H,24,28). The first-order valence-corrected chi connectivity index (χ1v) is 10.3.